The van der Waals surface area contributed by atoms with Crippen molar-refractivity contribution in [2.45, 2.75) is 270 Å². The number of carbonyl (C=O) groups excluding carboxylic acids is 2. The number of hydrogen-bond acceptors (Lipinski definition) is 5. The van der Waals surface area contributed by atoms with E-state index >= 15 is 0 Å². The molecule has 0 saturated carbocycles. The SMILES string of the molecule is CCCCC/C=C\CCCCCCCC(=O)OCCCCC/C=C\C/C=C\CCCCCCCCCC(=O)NC(CO)C(O)/C=C/CCCCCCCCCCCCCC. The van der Waals surface area contributed by atoms with Gasteiger partial charge in [0.1, 0.15) is 0 Å². The highest BCUT2D eigenvalue weighted by molar-refractivity contribution is 5.76. The number of rotatable bonds is 47. The quantitative estimate of drug-likeness (QED) is 0.0322. The summed E-state index contributed by atoms with van der Waals surface area (Å²) in [7, 11) is 0. The number of ether oxygens (including phenoxy) is 1. The molecule has 0 rings (SSSR count). The molecular weight excluding hydrogens is 743 g/mol. The van der Waals surface area contributed by atoms with Crippen molar-refractivity contribution >= 4 is 11.9 Å². The van der Waals surface area contributed by atoms with E-state index in [-0.39, 0.29) is 18.5 Å². The lowest BCUT2D eigenvalue weighted by Gasteiger charge is -2.20. The largest absolute Gasteiger partial charge is 0.466 e. The second kappa shape index (κ2) is 49.5. The molecule has 350 valence electrons. The van der Waals surface area contributed by atoms with Gasteiger partial charge in [0.25, 0.3) is 0 Å². The lowest BCUT2D eigenvalue weighted by Crippen LogP contribution is -2.45. The Kier molecular flexibility index (Phi) is 47.7. The summed E-state index contributed by atoms with van der Waals surface area (Å²) in [6.45, 7) is 4.82. The van der Waals surface area contributed by atoms with Crippen LogP contribution < -0.4 is 5.32 Å². The molecule has 0 aromatic carbocycles. The molecule has 0 heterocycles. The van der Waals surface area contributed by atoms with Crippen LogP contribution in [-0.4, -0.2) is 47.4 Å². The second-order valence-electron chi connectivity index (χ2n) is 17.5. The summed E-state index contributed by atoms with van der Waals surface area (Å²) >= 11 is 0. The fourth-order valence-corrected chi connectivity index (χ4v) is 7.54. The molecule has 0 radical (unpaired) electrons. The Bertz CT molecular complexity index is 1020. The van der Waals surface area contributed by atoms with Crippen molar-refractivity contribution in [1.82, 2.24) is 5.32 Å². The maximum Gasteiger partial charge on any atom is 0.305 e. The van der Waals surface area contributed by atoms with Gasteiger partial charge in [0.2, 0.25) is 5.91 Å². The van der Waals surface area contributed by atoms with E-state index in [1.54, 1.807) is 6.08 Å². The van der Waals surface area contributed by atoms with Gasteiger partial charge in [0, 0.05) is 12.8 Å². The monoisotopic (exact) mass is 842 g/mol. The van der Waals surface area contributed by atoms with Gasteiger partial charge in [-0.2, -0.15) is 0 Å². The van der Waals surface area contributed by atoms with E-state index in [1.807, 2.05) is 6.08 Å². The van der Waals surface area contributed by atoms with Gasteiger partial charge >= 0.3 is 5.97 Å². The average Bonchev–Trinajstić information content (AvgIpc) is 3.25. The molecule has 2 unspecified atom stereocenters. The number of esters is 1. The van der Waals surface area contributed by atoms with Crippen LogP contribution in [0.5, 0.6) is 0 Å². The first-order chi connectivity index (χ1) is 29.5. The van der Waals surface area contributed by atoms with Crippen molar-refractivity contribution in [1.29, 1.82) is 0 Å². The highest BCUT2D eigenvalue weighted by atomic mass is 16.5. The molecular formula is C54H99NO5. The van der Waals surface area contributed by atoms with Crippen LogP contribution in [-0.2, 0) is 14.3 Å². The van der Waals surface area contributed by atoms with E-state index in [9.17, 15) is 19.8 Å². The lowest BCUT2D eigenvalue weighted by molar-refractivity contribution is -0.143. The summed E-state index contributed by atoms with van der Waals surface area (Å²) in [4.78, 5) is 24.4. The number of carbonyl (C=O) groups is 2. The Morgan fingerprint density at radius 2 is 0.833 bits per heavy atom. The number of nitrogens with one attached hydrogen (secondary N) is 1. The van der Waals surface area contributed by atoms with Crippen LogP contribution >= 0.6 is 0 Å². The van der Waals surface area contributed by atoms with Crippen molar-refractivity contribution in [2.75, 3.05) is 13.2 Å². The summed E-state index contributed by atoms with van der Waals surface area (Å²) in [5.41, 5.74) is 0. The van der Waals surface area contributed by atoms with Gasteiger partial charge in [-0.25, -0.2) is 0 Å². The van der Waals surface area contributed by atoms with E-state index in [0.717, 1.165) is 83.5 Å². The predicted octanol–water partition coefficient (Wildman–Crippen LogP) is 15.5. The van der Waals surface area contributed by atoms with E-state index in [0.29, 0.717) is 19.4 Å². The highest BCUT2D eigenvalue weighted by Gasteiger charge is 2.18. The summed E-state index contributed by atoms with van der Waals surface area (Å²) in [6.07, 6.45) is 61.1. The molecule has 3 N–H and O–H groups in total. The van der Waals surface area contributed by atoms with Crippen molar-refractivity contribution in [2.24, 2.45) is 0 Å². The molecule has 6 heteroatoms. The van der Waals surface area contributed by atoms with Crippen molar-refractivity contribution in [3.8, 4) is 0 Å². The molecule has 1 amide bonds. The zero-order chi connectivity index (χ0) is 43.7. The summed E-state index contributed by atoms with van der Waals surface area (Å²) in [5, 5.41) is 23.0. The summed E-state index contributed by atoms with van der Waals surface area (Å²) in [5.74, 6) is -0.113. The Labute approximate surface area is 372 Å². The minimum atomic E-state index is -0.855. The summed E-state index contributed by atoms with van der Waals surface area (Å²) < 4.78 is 5.42. The first kappa shape index (κ1) is 57.8. The molecule has 0 bridgehead atoms. The minimum absolute atomic E-state index is 0.0275. The van der Waals surface area contributed by atoms with Gasteiger partial charge in [-0.3, -0.25) is 9.59 Å². The third kappa shape index (κ3) is 45.3. The molecule has 0 saturated heterocycles. The molecule has 2 atom stereocenters. The zero-order valence-corrected chi connectivity index (χ0v) is 39.7. The van der Waals surface area contributed by atoms with E-state index in [4.69, 9.17) is 4.74 Å². The van der Waals surface area contributed by atoms with Crippen molar-refractivity contribution in [3.63, 3.8) is 0 Å². The van der Waals surface area contributed by atoms with Crippen LogP contribution in [0.4, 0.5) is 0 Å². The predicted molar refractivity (Wildman–Crippen MR) is 259 cm³/mol. The van der Waals surface area contributed by atoms with Crippen LogP contribution in [0.3, 0.4) is 0 Å². The van der Waals surface area contributed by atoms with Crippen LogP contribution in [0.25, 0.3) is 0 Å². The molecule has 0 aliphatic heterocycles. The Balaban J connectivity index is 3.55. The number of aliphatic hydroxyl groups is 2. The third-order valence-electron chi connectivity index (χ3n) is 11.6. The second-order valence-corrected chi connectivity index (χ2v) is 17.5. The molecule has 6 nitrogen and oxygen atoms in total. The molecule has 0 aliphatic carbocycles. The summed E-state index contributed by atoms with van der Waals surface area (Å²) in [6, 6.07) is -0.640. The molecule has 0 aromatic heterocycles. The Morgan fingerprint density at radius 3 is 1.32 bits per heavy atom. The fraction of sp³-hybridized carbons (Fsp3) is 0.815. The van der Waals surface area contributed by atoms with Gasteiger partial charge < -0.3 is 20.3 Å². The van der Waals surface area contributed by atoms with E-state index in [2.05, 4.69) is 55.6 Å². The zero-order valence-electron chi connectivity index (χ0n) is 39.7. The average molecular weight is 842 g/mol. The number of unbranched alkanes of at least 4 members (excludes halogenated alkanes) is 30. The number of allylic oxidation sites excluding steroid dienone is 7. The first-order valence-electron chi connectivity index (χ1n) is 25.9. The normalized spacial score (nSPS) is 13.1. The lowest BCUT2D eigenvalue weighted by atomic mass is 10.0. The number of amides is 1. The van der Waals surface area contributed by atoms with Gasteiger partial charge in [0.15, 0.2) is 0 Å². The molecule has 0 aromatic rings. The molecule has 0 spiro atoms. The van der Waals surface area contributed by atoms with Crippen LogP contribution in [0.15, 0.2) is 48.6 Å². The molecule has 0 aliphatic rings. The standard InChI is InChI=1S/C54H99NO5/c1-3-5-7-9-11-13-15-17-23-26-30-34-38-42-46-52(57)51(50-56)55-53(58)47-43-39-35-31-27-24-21-19-18-20-22-25-29-33-37-41-45-49-60-54(59)48-44-40-36-32-28-16-14-12-10-8-6-4-2/h12,14,18,20,25,29,42,46,51-52,56-57H,3-11,13,15-17,19,21-24,26-28,30-41,43-45,47-50H2,1-2H3,(H,55,58)/b14-12-,20-18-,29-25-,46-42+. The Hall–Kier alpha value is -2.18. The smallest absolute Gasteiger partial charge is 0.305 e. The number of aliphatic hydroxyl groups excluding tert-OH is 2. The van der Waals surface area contributed by atoms with Gasteiger partial charge in [-0.05, 0) is 96.3 Å². The van der Waals surface area contributed by atoms with Crippen molar-refractivity contribution in [3.05, 3.63) is 48.6 Å². The number of hydrogen-bond donors (Lipinski definition) is 3. The van der Waals surface area contributed by atoms with E-state index in [1.165, 1.54) is 148 Å². The van der Waals surface area contributed by atoms with Crippen LogP contribution in [0.2, 0.25) is 0 Å². The van der Waals surface area contributed by atoms with Gasteiger partial charge in [-0.15, -0.1) is 0 Å². The maximum absolute atomic E-state index is 12.4. The molecule has 0 fully saturated rings. The van der Waals surface area contributed by atoms with E-state index < -0.39 is 12.1 Å². The van der Waals surface area contributed by atoms with Crippen molar-refractivity contribution < 1.29 is 24.5 Å². The topological polar surface area (TPSA) is 95.9 Å². The maximum atomic E-state index is 12.4. The van der Waals surface area contributed by atoms with Crippen LogP contribution in [0, 0.1) is 0 Å². The fourth-order valence-electron chi connectivity index (χ4n) is 7.54. The minimum Gasteiger partial charge on any atom is -0.466 e. The molecule has 60 heavy (non-hydrogen) atoms. The van der Waals surface area contributed by atoms with Gasteiger partial charge in [0.05, 0.1) is 25.4 Å². The first-order valence-corrected chi connectivity index (χ1v) is 25.9. The Morgan fingerprint density at radius 1 is 0.467 bits per heavy atom. The third-order valence-corrected chi connectivity index (χ3v) is 11.6. The van der Waals surface area contributed by atoms with Gasteiger partial charge in [-0.1, -0.05) is 197 Å². The van der Waals surface area contributed by atoms with Crippen LogP contribution in [0.1, 0.15) is 258 Å². The highest BCUT2D eigenvalue weighted by Crippen LogP contribution is 2.14.